The first-order valence-electron chi connectivity index (χ1n) is 6.26. The van der Waals surface area contributed by atoms with Crippen molar-refractivity contribution in [2.24, 2.45) is 0 Å². The molecule has 0 spiro atoms. The molecular formula is C12H19NaO8. The minimum Gasteiger partial charge on any atom is -0.550 e. The predicted molar refractivity (Wildman–Crippen MR) is 62.3 cm³/mol. The number of carboxylic acids is 1. The van der Waals surface area contributed by atoms with Gasteiger partial charge in [0.15, 0.2) is 0 Å². The molecule has 5 atom stereocenters. The van der Waals surface area contributed by atoms with Crippen LogP contribution in [0.3, 0.4) is 0 Å². The Morgan fingerprint density at radius 3 is 2.38 bits per heavy atom. The molecule has 0 radical (unpaired) electrons. The quantitative estimate of drug-likeness (QED) is 0.367. The SMILES string of the molecule is CO[C@@H]1C(COC(=O)CCC(=O)[O-])O[C@H](C)C(O)[C@@H]1O.[Na+]. The van der Waals surface area contributed by atoms with Crippen LogP contribution in [0.5, 0.6) is 0 Å². The zero-order valence-electron chi connectivity index (χ0n) is 12.4. The van der Waals surface area contributed by atoms with Crippen LogP contribution in [0.1, 0.15) is 19.8 Å². The zero-order chi connectivity index (χ0) is 15.3. The first-order valence-corrected chi connectivity index (χ1v) is 6.26. The van der Waals surface area contributed by atoms with E-state index in [9.17, 15) is 24.9 Å². The number of hydrogen-bond acceptors (Lipinski definition) is 8. The number of hydrogen-bond donors (Lipinski definition) is 2. The zero-order valence-corrected chi connectivity index (χ0v) is 14.4. The summed E-state index contributed by atoms with van der Waals surface area (Å²) in [5, 5.41) is 29.7. The third-order valence-electron chi connectivity index (χ3n) is 3.14. The molecule has 0 saturated carbocycles. The van der Waals surface area contributed by atoms with E-state index in [1.165, 1.54) is 7.11 Å². The van der Waals surface area contributed by atoms with Gasteiger partial charge in [-0.05, 0) is 13.3 Å². The van der Waals surface area contributed by atoms with Crippen molar-refractivity contribution in [3.8, 4) is 0 Å². The molecule has 1 fully saturated rings. The van der Waals surface area contributed by atoms with Gasteiger partial charge in [0.2, 0.25) is 0 Å². The van der Waals surface area contributed by atoms with Gasteiger partial charge < -0.3 is 34.3 Å². The number of aliphatic hydroxyl groups excluding tert-OH is 2. The molecule has 1 aliphatic rings. The van der Waals surface area contributed by atoms with Crippen molar-refractivity contribution in [3.05, 3.63) is 0 Å². The summed E-state index contributed by atoms with van der Waals surface area (Å²) in [7, 11) is 1.34. The van der Waals surface area contributed by atoms with Crippen molar-refractivity contribution in [1.82, 2.24) is 0 Å². The monoisotopic (exact) mass is 314 g/mol. The molecule has 0 aromatic rings. The Labute approximate surface area is 144 Å². The second kappa shape index (κ2) is 9.73. The van der Waals surface area contributed by atoms with Crippen molar-refractivity contribution >= 4 is 11.9 Å². The molecule has 0 aromatic carbocycles. The summed E-state index contributed by atoms with van der Waals surface area (Å²) >= 11 is 0. The Morgan fingerprint density at radius 1 is 1.24 bits per heavy atom. The summed E-state index contributed by atoms with van der Waals surface area (Å²) in [5.41, 5.74) is 0. The molecule has 116 valence electrons. The number of aliphatic carboxylic acids is 1. The van der Waals surface area contributed by atoms with Gasteiger partial charge in [0.1, 0.15) is 31.0 Å². The van der Waals surface area contributed by atoms with Gasteiger partial charge in [-0.2, -0.15) is 0 Å². The summed E-state index contributed by atoms with van der Waals surface area (Å²) in [6.45, 7) is 1.38. The number of carbonyl (C=O) groups excluding carboxylic acids is 2. The van der Waals surface area contributed by atoms with E-state index in [0.29, 0.717) is 0 Å². The van der Waals surface area contributed by atoms with Gasteiger partial charge in [-0.15, -0.1) is 0 Å². The molecule has 1 saturated heterocycles. The Hall–Kier alpha value is -0.220. The molecule has 1 aliphatic heterocycles. The van der Waals surface area contributed by atoms with E-state index in [1.807, 2.05) is 0 Å². The minimum absolute atomic E-state index is 0. The molecule has 9 heteroatoms. The molecule has 2 unspecified atom stereocenters. The van der Waals surface area contributed by atoms with Crippen LogP contribution in [0, 0.1) is 0 Å². The Kier molecular flexibility index (Phi) is 9.63. The molecular weight excluding hydrogens is 295 g/mol. The van der Waals surface area contributed by atoms with Crippen LogP contribution in [0.2, 0.25) is 0 Å². The molecule has 0 bridgehead atoms. The van der Waals surface area contributed by atoms with Gasteiger partial charge in [-0.3, -0.25) is 4.79 Å². The standard InChI is InChI=1S/C12H20O8.Na/c1-6-10(16)11(17)12(18-2)7(20-6)5-19-9(15)4-3-8(13)14;/h6-7,10-12,16-17H,3-5H2,1-2H3,(H,13,14);/q;+1/p-1/t6-,7?,10?,11+,12-;/m1./s1. The van der Waals surface area contributed by atoms with E-state index in [4.69, 9.17) is 14.2 Å². The van der Waals surface area contributed by atoms with Gasteiger partial charge in [-0.1, -0.05) is 0 Å². The first kappa shape index (κ1) is 20.8. The first-order chi connectivity index (χ1) is 9.36. The largest absolute Gasteiger partial charge is 1.00 e. The maximum atomic E-state index is 11.3. The van der Waals surface area contributed by atoms with Crippen LogP contribution in [-0.2, 0) is 23.8 Å². The maximum absolute atomic E-state index is 11.3. The van der Waals surface area contributed by atoms with Crippen LogP contribution >= 0.6 is 0 Å². The van der Waals surface area contributed by atoms with Crippen molar-refractivity contribution in [2.75, 3.05) is 13.7 Å². The molecule has 8 nitrogen and oxygen atoms in total. The fraction of sp³-hybridized carbons (Fsp3) is 0.833. The maximum Gasteiger partial charge on any atom is 1.00 e. The van der Waals surface area contributed by atoms with Crippen LogP contribution in [0.15, 0.2) is 0 Å². The van der Waals surface area contributed by atoms with Crippen LogP contribution in [-0.4, -0.2) is 66.4 Å². The fourth-order valence-electron chi connectivity index (χ4n) is 2.00. The summed E-state index contributed by atoms with van der Waals surface area (Å²) in [6.07, 6.45) is -5.18. The van der Waals surface area contributed by atoms with E-state index in [-0.39, 0.29) is 42.6 Å². The van der Waals surface area contributed by atoms with Crippen LogP contribution in [0.4, 0.5) is 0 Å². The second-order valence-electron chi connectivity index (χ2n) is 4.62. The number of carboxylic acid groups (broad SMARTS) is 1. The van der Waals surface area contributed by atoms with Gasteiger partial charge in [-0.25, -0.2) is 0 Å². The number of carbonyl (C=O) groups is 2. The van der Waals surface area contributed by atoms with Gasteiger partial charge in [0, 0.05) is 13.1 Å². The molecule has 2 N–H and O–H groups in total. The van der Waals surface area contributed by atoms with E-state index in [1.54, 1.807) is 6.92 Å². The molecule has 0 aromatic heterocycles. The smallest absolute Gasteiger partial charge is 0.550 e. The van der Waals surface area contributed by atoms with Crippen molar-refractivity contribution in [2.45, 2.75) is 50.3 Å². The van der Waals surface area contributed by atoms with E-state index in [0.717, 1.165) is 0 Å². The van der Waals surface area contributed by atoms with Crippen molar-refractivity contribution in [3.63, 3.8) is 0 Å². The molecule has 0 amide bonds. The van der Waals surface area contributed by atoms with Gasteiger partial charge >= 0.3 is 35.5 Å². The van der Waals surface area contributed by atoms with Crippen LogP contribution < -0.4 is 34.7 Å². The molecule has 0 aliphatic carbocycles. The van der Waals surface area contributed by atoms with Crippen molar-refractivity contribution < 1.29 is 68.7 Å². The topological polar surface area (TPSA) is 125 Å². The Morgan fingerprint density at radius 2 is 1.86 bits per heavy atom. The third-order valence-corrected chi connectivity index (χ3v) is 3.14. The minimum atomic E-state index is -1.34. The second-order valence-corrected chi connectivity index (χ2v) is 4.62. The van der Waals surface area contributed by atoms with E-state index in [2.05, 4.69) is 0 Å². The number of aliphatic hydroxyl groups is 2. The fourth-order valence-corrected chi connectivity index (χ4v) is 2.00. The number of methoxy groups -OCH3 is 1. The molecule has 1 rings (SSSR count). The Bertz CT molecular complexity index is 350. The summed E-state index contributed by atoms with van der Waals surface area (Å²) in [4.78, 5) is 21.5. The van der Waals surface area contributed by atoms with E-state index >= 15 is 0 Å². The Balaban J connectivity index is 0.00000400. The third kappa shape index (κ3) is 6.19. The number of ether oxygens (including phenoxy) is 3. The number of esters is 1. The predicted octanol–water partition coefficient (Wildman–Crippen LogP) is -5.41. The van der Waals surface area contributed by atoms with E-state index < -0.39 is 48.9 Å². The summed E-state index contributed by atoms with van der Waals surface area (Å²) in [6, 6.07) is 0. The number of rotatable bonds is 6. The average molecular weight is 314 g/mol. The summed E-state index contributed by atoms with van der Waals surface area (Å²) < 4.78 is 15.3. The van der Waals surface area contributed by atoms with Crippen LogP contribution in [0.25, 0.3) is 0 Å². The van der Waals surface area contributed by atoms with Gasteiger partial charge in [0.25, 0.3) is 0 Å². The average Bonchev–Trinajstić information content (AvgIpc) is 2.40. The molecule has 1 heterocycles. The summed E-state index contributed by atoms with van der Waals surface area (Å²) in [5.74, 6) is -2.04. The molecule has 21 heavy (non-hydrogen) atoms. The van der Waals surface area contributed by atoms with Crippen molar-refractivity contribution in [1.29, 1.82) is 0 Å². The van der Waals surface area contributed by atoms with Gasteiger partial charge in [0.05, 0.1) is 12.5 Å². The normalized spacial score (nSPS) is 32.1.